The molecule has 1 atom stereocenters. The van der Waals surface area contributed by atoms with E-state index in [2.05, 4.69) is 17.0 Å². The highest BCUT2D eigenvalue weighted by Crippen LogP contribution is 2.59. The molecule has 1 aliphatic carbocycles. The number of halogens is 3. The molecule has 1 amide bonds. The van der Waals surface area contributed by atoms with Crippen molar-refractivity contribution in [2.24, 2.45) is 17.1 Å². The lowest BCUT2D eigenvalue weighted by Gasteiger charge is -2.34. The average molecular weight is 592 g/mol. The van der Waals surface area contributed by atoms with Gasteiger partial charge in [0.1, 0.15) is 11.4 Å². The molecule has 2 aliphatic rings. The van der Waals surface area contributed by atoms with Gasteiger partial charge in [0.05, 0.1) is 21.8 Å². The van der Waals surface area contributed by atoms with Crippen molar-refractivity contribution in [1.29, 1.82) is 0 Å². The normalized spacial score (nSPS) is 19.8. The van der Waals surface area contributed by atoms with Crippen LogP contribution in [0.25, 0.3) is 5.82 Å². The Morgan fingerprint density at radius 3 is 2.41 bits per heavy atom. The fourth-order valence-corrected chi connectivity index (χ4v) is 7.12. The molecule has 3 aromatic rings. The Balaban J connectivity index is 1.57. The fourth-order valence-electron chi connectivity index (χ4n) is 5.63. The first-order valence-electron chi connectivity index (χ1n) is 13.3. The van der Waals surface area contributed by atoms with Crippen molar-refractivity contribution in [3.05, 3.63) is 54.2 Å². The second kappa shape index (κ2) is 10.0. The van der Waals surface area contributed by atoms with Crippen LogP contribution in [0.15, 0.2) is 58.5 Å². The number of carbonyl (C=O) groups is 1. The van der Waals surface area contributed by atoms with Crippen LogP contribution in [0, 0.1) is 11.3 Å². The quantitative estimate of drug-likeness (QED) is 0.374. The number of alkyl halides is 3. The zero-order valence-corrected chi connectivity index (χ0v) is 23.8. The Labute approximate surface area is 236 Å². The molecule has 0 bridgehead atoms. The maximum Gasteiger partial charge on any atom is 0.394 e. The van der Waals surface area contributed by atoms with Gasteiger partial charge in [-0.05, 0) is 57.6 Å². The number of hydrogen-bond acceptors (Lipinski definition) is 7. The van der Waals surface area contributed by atoms with Gasteiger partial charge in [-0.3, -0.25) is 4.79 Å². The number of primary amides is 1. The first-order valence-corrected chi connectivity index (χ1v) is 14.8. The summed E-state index contributed by atoms with van der Waals surface area (Å²) in [6.45, 7) is 6.36. The van der Waals surface area contributed by atoms with Crippen LogP contribution in [0.4, 0.5) is 19.0 Å². The van der Waals surface area contributed by atoms with E-state index in [4.69, 9.17) is 10.5 Å². The highest BCUT2D eigenvalue weighted by molar-refractivity contribution is 7.91. The SMILES string of the molecule is C[C@@H]1CN(c2nc(-n3ccc(OCCC4(C(F)(F)F)CC4)n3)cc(S(=O)(=O)c3ccccc3)c2C(N)=O)C(C)(C)C1. The number of benzene rings is 1. The highest BCUT2D eigenvalue weighted by Gasteiger charge is 2.62. The van der Waals surface area contributed by atoms with Crippen LogP contribution in [-0.2, 0) is 9.84 Å². The summed E-state index contributed by atoms with van der Waals surface area (Å²) in [5.41, 5.74) is 3.43. The second-order valence-corrected chi connectivity index (χ2v) is 13.5. The Bertz CT molecular complexity index is 1570. The molecule has 1 saturated heterocycles. The van der Waals surface area contributed by atoms with Crippen LogP contribution in [0.5, 0.6) is 5.88 Å². The molecule has 9 nitrogen and oxygen atoms in total. The Hall–Kier alpha value is -3.61. The number of nitrogens with two attached hydrogens (primary N) is 1. The molecule has 3 heterocycles. The predicted octanol–water partition coefficient (Wildman–Crippen LogP) is 4.94. The molecule has 0 radical (unpaired) electrons. The van der Waals surface area contributed by atoms with Crippen LogP contribution >= 0.6 is 0 Å². The lowest BCUT2D eigenvalue weighted by molar-refractivity contribution is -0.190. The molecule has 220 valence electrons. The van der Waals surface area contributed by atoms with Gasteiger partial charge in [0.15, 0.2) is 5.82 Å². The summed E-state index contributed by atoms with van der Waals surface area (Å²) in [4.78, 5) is 19.1. The minimum absolute atomic E-state index is 0.0252. The van der Waals surface area contributed by atoms with Crippen molar-refractivity contribution in [2.45, 2.75) is 68.0 Å². The minimum Gasteiger partial charge on any atom is -0.477 e. The first kappa shape index (κ1) is 28.9. The van der Waals surface area contributed by atoms with E-state index in [1.165, 1.54) is 35.1 Å². The third-order valence-corrected chi connectivity index (χ3v) is 9.75. The van der Waals surface area contributed by atoms with E-state index < -0.39 is 32.9 Å². The number of rotatable bonds is 9. The number of nitrogens with zero attached hydrogens (tertiary/aromatic N) is 4. The van der Waals surface area contributed by atoms with Crippen LogP contribution in [0.1, 0.15) is 56.8 Å². The fraction of sp³-hybridized carbons (Fsp3) is 0.464. The van der Waals surface area contributed by atoms with Crippen molar-refractivity contribution in [3.63, 3.8) is 0 Å². The van der Waals surface area contributed by atoms with E-state index in [0.29, 0.717) is 6.54 Å². The molecule has 5 rings (SSSR count). The zero-order valence-electron chi connectivity index (χ0n) is 23.0. The van der Waals surface area contributed by atoms with E-state index in [1.54, 1.807) is 18.2 Å². The van der Waals surface area contributed by atoms with E-state index in [-0.39, 0.29) is 64.7 Å². The molecular weight excluding hydrogens is 559 g/mol. The van der Waals surface area contributed by atoms with E-state index >= 15 is 0 Å². The molecule has 41 heavy (non-hydrogen) atoms. The van der Waals surface area contributed by atoms with Gasteiger partial charge in [-0.1, -0.05) is 25.1 Å². The minimum atomic E-state index is -4.28. The van der Waals surface area contributed by atoms with Crippen molar-refractivity contribution in [3.8, 4) is 11.7 Å². The van der Waals surface area contributed by atoms with Crippen molar-refractivity contribution >= 4 is 21.6 Å². The van der Waals surface area contributed by atoms with Crippen LogP contribution in [-0.4, -0.2) is 54.0 Å². The summed E-state index contributed by atoms with van der Waals surface area (Å²) in [5.74, 6) is -0.433. The predicted molar refractivity (Wildman–Crippen MR) is 145 cm³/mol. The third kappa shape index (κ3) is 5.39. The van der Waals surface area contributed by atoms with E-state index in [9.17, 15) is 26.4 Å². The number of amides is 1. The average Bonchev–Trinajstić information content (AvgIpc) is 3.46. The van der Waals surface area contributed by atoms with Gasteiger partial charge in [0.25, 0.3) is 5.91 Å². The van der Waals surface area contributed by atoms with Crippen molar-refractivity contribution < 1.29 is 31.1 Å². The highest BCUT2D eigenvalue weighted by atomic mass is 32.2. The number of anilines is 1. The largest absolute Gasteiger partial charge is 0.477 e. The third-order valence-electron chi connectivity index (χ3n) is 7.95. The van der Waals surface area contributed by atoms with Crippen molar-refractivity contribution in [2.75, 3.05) is 18.1 Å². The molecule has 13 heteroatoms. The lowest BCUT2D eigenvalue weighted by Crippen LogP contribution is -2.40. The van der Waals surface area contributed by atoms with Crippen LogP contribution in [0.3, 0.4) is 0 Å². The van der Waals surface area contributed by atoms with E-state index in [1.807, 2.05) is 18.7 Å². The second-order valence-electron chi connectivity index (χ2n) is 11.6. The summed E-state index contributed by atoms with van der Waals surface area (Å²) in [6, 6.07) is 10.4. The molecule has 2 N–H and O–H groups in total. The molecule has 0 unspecified atom stereocenters. The van der Waals surface area contributed by atoms with Gasteiger partial charge in [-0.25, -0.2) is 18.1 Å². The lowest BCUT2D eigenvalue weighted by atomic mass is 9.97. The molecule has 1 saturated carbocycles. The van der Waals surface area contributed by atoms with Gasteiger partial charge in [0, 0.05) is 30.4 Å². The number of sulfone groups is 1. The Morgan fingerprint density at radius 2 is 1.85 bits per heavy atom. The number of pyridine rings is 1. The molecular formula is C28H32F3N5O4S. The summed E-state index contributed by atoms with van der Waals surface area (Å²) < 4.78 is 74.3. The zero-order chi connectivity index (χ0) is 29.8. The van der Waals surface area contributed by atoms with Gasteiger partial charge in [-0.15, -0.1) is 5.10 Å². The molecule has 1 aliphatic heterocycles. The maximum atomic E-state index is 13.9. The summed E-state index contributed by atoms with van der Waals surface area (Å²) in [7, 11) is -4.23. The van der Waals surface area contributed by atoms with Gasteiger partial charge < -0.3 is 15.4 Å². The first-order chi connectivity index (χ1) is 19.1. The van der Waals surface area contributed by atoms with Crippen molar-refractivity contribution in [1.82, 2.24) is 14.8 Å². The maximum absolute atomic E-state index is 13.9. The summed E-state index contributed by atoms with van der Waals surface area (Å²) in [5, 5.41) is 4.29. The topological polar surface area (TPSA) is 120 Å². The molecule has 0 spiro atoms. The smallest absolute Gasteiger partial charge is 0.394 e. The monoisotopic (exact) mass is 591 g/mol. The number of hydrogen-bond donors (Lipinski definition) is 1. The van der Waals surface area contributed by atoms with Gasteiger partial charge >= 0.3 is 6.18 Å². The number of carbonyl (C=O) groups excluding carboxylic acids is 1. The number of ether oxygens (including phenoxy) is 1. The molecule has 1 aromatic carbocycles. The Kier molecular flexibility index (Phi) is 7.07. The Morgan fingerprint density at radius 1 is 1.17 bits per heavy atom. The number of aromatic nitrogens is 3. The summed E-state index contributed by atoms with van der Waals surface area (Å²) in [6.07, 6.45) is -2.05. The van der Waals surface area contributed by atoms with Gasteiger partial charge in [0.2, 0.25) is 15.7 Å². The van der Waals surface area contributed by atoms with Crippen LogP contribution in [0.2, 0.25) is 0 Å². The van der Waals surface area contributed by atoms with Gasteiger partial charge in [-0.2, -0.15) is 13.2 Å². The standard InChI is InChI=1S/C28H32F3N5O4S/c1-18-16-26(2,3)35(17-18)25-23(24(32)37)20(41(38,39)19-7-5-4-6-8-19)15-21(33-25)36-13-9-22(34-36)40-14-12-27(10-11-27)28(29,30)31/h4-9,13,15,18H,10-12,14,16-17H2,1-3H3,(H2,32,37)/t18-/m0/s1. The van der Waals surface area contributed by atoms with Crippen LogP contribution < -0.4 is 15.4 Å². The molecule has 2 fully saturated rings. The van der Waals surface area contributed by atoms with E-state index in [0.717, 1.165) is 6.42 Å². The summed E-state index contributed by atoms with van der Waals surface area (Å²) >= 11 is 0. The molecule has 2 aromatic heterocycles.